The first kappa shape index (κ1) is 23.6. The summed E-state index contributed by atoms with van der Waals surface area (Å²) in [5.41, 5.74) is 2.19. The lowest BCUT2D eigenvalue weighted by atomic mass is 10.1. The van der Waals surface area contributed by atoms with Gasteiger partial charge >= 0.3 is 0 Å². The molecule has 0 fully saturated rings. The number of aryl methyl sites for hydroxylation is 1. The van der Waals surface area contributed by atoms with Gasteiger partial charge in [0.05, 0.1) is 29.0 Å². The standard InChI is InChI=1S/C27H27NO5S/c1-4-32-21-9-12-23(13-10-21)34(30,31)26-18-28(17-20-8-6-7-19(3)15-20)25-14-11-22(33-5-2)16-24(25)27(26)29/h6-16,18H,4-5,17H2,1-3H3. The minimum Gasteiger partial charge on any atom is -0.494 e. The Kier molecular flexibility index (Phi) is 6.75. The lowest BCUT2D eigenvalue weighted by Crippen LogP contribution is -2.20. The van der Waals surface area contributed by atoms with Crippen LogP contribution in [0.4, 0.5) is 0 Å². The van der Waals surface area contributed by atoms with E-state index >= 15 is 0 Å². The van der Waals surface area contributed by atoms with Crippen LogP contribution < -0.4 is 14.9 Å². The fourth-order valence-electron chi connectivity index (χ4n) is 3.94. The Morgan fingerprint density at radius 1 is 0.853 bits per heavy atom. The summed E-state index contributed by atoms with van der Waals surface area (Å²) in [6, 6.07) is 19.3. The van der Waals surface area contributed by atoms with E-state index in [1.54, 1.807) is 30.3 Å². The van der Waals surface area contributed by atoms with E-state index in [1.807, 2.05) is 49.6 Å². The fourth-order valence-corrected chi connectivity index (χ4v) is 5.31. The van der Waals surface area contributed by atoms with Crippen LogP contribution in [0.2, 0.25) is 0 Å². The summed E-state index contributed by atoms with van der Waals surface area (Å²) < 4.78 is 39.9. The van der Waals surface area contributed by atoms with Gasteiger partial charge in [0.2, 0.25) is 15.3 Å². The van der Waals surface area contributed by atoms with Gasteiger partial charge in [0.15, 0.2) is 0 Å². The van der Waals surface area contributed by atoms with Gasteiger partial charge in [-0.1, -0.05) is 29.8 Å². The quantitative estimate of drug-likeness (QED) is 0.357. The number of rotatable bonds is 8. The average Bonchev–Trinajstić information content (AvgIpc) is 2.82. The molecular formula is C27H27NO5S. The van der Waals surface area contributed by atoms with E-state index in [2.05, 4.69) is 0 Å². The van der Waals surface area contributed by atoms with E-state index in [4.69, 9.17) is 9.47 Å². The largest absolute Gasteiger partial charge is 0.494 e. The highest BCUT2D eigenvalue weighted by Crippen LogP contribution is 2.26. The summed E-state index contributed by atoms with van der Waals surface area (Å²) in [6.07, 6.45) is 1.44. The molecular weight excluding hydrogens is 450 g/mol. The molecule has 0 bridgehead atoms. The normalized spacial score (nSPS) is 11.5. The summed E-state index contributed by atoms with van der Waals surface area (Å²) in [5.74, 6) is 1.09. The SMILES string of the molecule is CCOc1ccc(S(=O)(=O)c2cn(Cc3cccc(C)c3)c3ccc(OCC)cc3c2=O)cc1. The first-order chi connectivity index (χ1) is 16.3. The zero-order valence-electron chi connectivity index (χ0n) is 19.4. The zero-order chi connectivity index (χ0) is 24.3. The molecule has 34 heavy (non-hydrogen) atoms. The lowest BCUT2D eigenvalue weighted by molar-refractivity contribution is 0.340. The number of fused-ring (bicyclic) bond motifs is 1. The molecule has 0 amide bonds. The maximum absolute atomic E-state index is 13.6. The molecule has 4 aromatic rings. The first-order valence-electron chi connectivity index (χ1n) is 11.2. The molecule has 0 unspecified atom stereocenters. The van der Waals surface area contributed by atoms with Gasteiger partial charge < -0.3 is 14.0 Å². The van der Waals surface area contributed by atoms with Gasteiger partial charge in [-0.2, -0.15) is 0 Å². The predicted molar refractivity (Wildman–Crippen MR) is 133 cm³/mol. The van der Waals surface area contributed by atoms with Crippen molar-refractivity contribution in [2.75, 3.05) is 13.2 Å². The molecule has 0 saturated heterocycles. The van der Waals surface area contributed by atoms with E-state index in [-0.39, 0.29) is 9.79 Å². The number of hydrogen-bond acceptors (Lipinski definition) is 5. The van der Waals surface area contributed by atoms with Crippen molar-refractivity contribution in [2.45, 2.75) is 37.1 Å². The maximum Gasteiger partial charge on any atom is 0.211 e. The molecule has 7 heteroatoms. The number of nitrogens with zero attached hydrogens (tertiary/aromatic N) is 1. The zero-order valence-corrected chi connectivity index (χ0v) is 20.3. The number of pyridine rings is 1. The molecule has 0 atom stereocenters. The minimum atomic E-state index is -4.07. The topological polar surface area (TPSA) is 74.6 Å². The highest BCUT2D eigenvalue weighted by atomic mass is 32.2. The number of sulfone groups is 1. The Morgan fingerprint density at radius 3 is 2.21 bits per heavy atom. The van der Waals surface area contributed by atoms with Crippen LogP contribution in [0.3, 0.4) is 0 Å². The number of aromatic nitrogens is 1. The van der Waals surface area contributed by atoms with Crippen molar-refractivity contribution in [3.8, 4) is 11.5 Å². The van der Waals surface area contributed by atoms with Gasteiger partial charge in [0.1, 0.15) is 16.4 Å². The van der Waals surface area contributed by atoms with Crippen molar-refractivity contribution in [3.63, 3.8) is 0 Å². The second-order valence-corrected chi connectivity index (χ2v) is 9.88. The summed E-state index contributed by atoms with van der Waals surface area (Å²) in [5, 5.41) is 0.297. The Hall–Kier alpha value is -3.58. The van der Waals surface area contributed by atoms with Crippen LogP contribution in [0.5, 0.6) is 11.5 Å². The molecule has 0 aliphatic heterocycles. The number of hydrogen-bond donors (Lipinski definition) is 0. The monoisotopic (exact) mass is 477 g/mol. The second-order valence-electron chi connectivity index (χ2n) is 7.96. The van der Waals surface area contributed by atoms with E-state index in [0.29, 0.717) is 42.2 Å². The van der Waals surface area contributed by atoms with Crippen molar-refractivity contribution in [1.82, 2.24) is 4.57 Å². The third-order valence-electron chi connectivity index (χ3n) is 5.50. The van der Waals surface area contributed by atoms with Gasteiger partial charge in [-0.3, -0.25) is 4.79 Å². The van der Waals surface area contributed by atoms with Crippen LogP contribution in [0.1, 0.15) is 25.0 Å². The molecule has 0 saturated carbocycles. The number of ether oxygens (including phenoxy) is 2. The van der Waals surface area contributed by atoms with Crippen molar-refractivity contribution < 1.29 is 17.9 Å². The maximum atomic E-state index is 13.6. The van der Waals surface area contributed by atoms with Crippen LogP contribution in [-0.2, 0) is 16.4 Å². The fraction of sp³-hybridized carbons (Fsp3) is 0.222. The molecule has 0 aliphatic carbocycles. The molecule has 1 aromatic heterocycles. The van der Waals surface area contributed by atoms with Gasteiger partial charge in [-0.15, -0.1) is 0 Å². The molecule has 0 N–H and O–H groups in total. The second kappa shape index (κ2) is 9.73. The molecule has 0 spiro atoms. The van der Waals surface area contributed by atoms with Crippen molar-refractivity contribution in [1.29, 1.82) is 0 Å². The third kappa shape index (κ3) is 4.70. The molecule has 3 aromatic carbocycles. The van der Waals surface area contributed by atoms with Gasteiger partial charge in [-0.05, 0) is 68.8 Å². The van der Waals surface area contributed by atoms with E-state index < -0.39 is 15.3 Å². The molecule has 0 aliphatic rings. The molecule has 176 valence electrons. The predicted octanol–water partition coefficient (Wildman–Crippen LogP) is 4.99. The summed E-state index contributed by atoms with van der Waals surface area (Å²) >= 11 is 0. The third-order valence-corrected chi connectivity index (χ3v) is 7.26. The Labute approximate surface area is 199 Å². The highest BCUT2D eigenvalue weighted by Gasteiger charge is 2.24. The smallest absolute Gasteiger partial charge is 0.211 e. The number of benzene rings is 3. The Balaban J connectivity index is 1.91. The van der Waals surface area contributed by atoms with Crippen LogP contribution in [-0.4, -0.2) is 26.2 Å². The van der Waals surface area contributed by atoms with Crippen LogP contribution in [0, 0.1) is 6.92 Å². The summed E-state index contributed by atoms with van der Waals surface area (Å²) in [6.45, 7) is 7.04. The minimum absolute atomic E-state index is 0.0375. The summed E-state index contributed by atoms with van der Waals surface area (Å²) in [4.78, 5) is 13.2. The molecule has 4 rings (SSSR count). The highest BCUT2D eigenvalue weighted by molar-refractivity contribution is 7.91. The van der Waals surface area contributed by atoms with Crippen molar-refractivity contribution in [2.24, 2.45) is 0 Å². The van der Waals surface area contributed by atoms with E-state index in [1.165, 1.54) is 18.3 Å². The molecule has 0 radical (unpaired) electrons. The molecule has 1 heterocycles. The first-order valence-corrected chi connectivity index (χ1v) is 12.6. The van der Waals surface area contributed by atoms with Crippen LogP contribution >= 0.6 is 0 Å². The van der Waals surface area contributed by atoms with Crippen LogP contribution in [0.25, 0.3) is 10.9 Å². The summed E-state index contributed by atoms with van der Waals surface area (Å²) in [7, 11) is -4.07. The van der Waals surface area contributed by atoms with Gasteiger partial charge in [-0.25, -0.2) is 8.42 Å². The molecule has 6 nitrogen and oxygen atoms in total. The van der Waals surface area contributed by atoms with E-state index in [0.717, 1.165) is 11.1 Å². The van der Waals surface area contributed by atoms with Gasteiger partial charge in [0.25, 0.3) is 0 Å². The Bertz CT molecular complexity index is 1490. The van der Waals surface area contributed by atoms with E-state index in [9.17, 15) is 13.2 Å². The van der Waals surface area contributed by atoms with Gasteiger partial charge in [0, 0.05) is 12.7 Å². The van der Waals surface area contributed by atoms with Crippen molar-refractivity contribution >= 4 is 20.7 Å². The van der Waals surface area contributed by atoms with Crippen molar-refractivity contribution in [3.05, 3.63) is 94.3 Å². The average molecular weight is 478 g/mol. The Morgan fingerprint density at radius 2 is 1.53 bits per heavy atom. The lowest BCUT2D eigenvalue weighted by Gasteiger charge is -2.15. The van der Waals surface area contributed by atoms with Crippen LogP contribution in [0.15, 0.2) is 87.5 Å².